The molecule has 0 aliphatic heterocycles. The monoisotopic (exact) mass is 641 g/mol. The molecule has 0 saturated carbocycles. The molecule has 0 spiro atoms. The van der Waals surface area contributed by atoms with E-state index >= 15 is 0 Å². The van der Waals surface area contributed by atoms with Crippen LogP contribution >= 0.6 is 0 Å². The first-order valence-corrected chi connectivity index (χ1v) is 16.6. The van der Waals surface area contributed by atoms with Crippen molar-refractivity contribution in [2.75, 3.05) is 0 Å². The van der Waals surface area contributed by atoms with Gasteiger partial charge in [-0.3, -0.25) is 0 Å². The second-order valence-corrected chi connectivity index (χ2v) is 12.5. The lowest BCUT2D eigenvalue weighted by atomic mass is 10.0. The molecule has 10 rings (SSSR count). The van der Waals surface area contributed by atoms with E-state index in [4.69, 9.17) is 23.8 Å². The van der Waals surface area contributed by atoms with E-state index in [2.05, 4.69) is 103 Å². The number of fused-ring (bicyclic) bond motifs is 6. The Labute approximate surface area is 287 Å². The average Bonchev–Trinajstić information content (AvgIpc) is 3.75. The van der Waals surface area contributed by atoms with Crippen LogP contribution in [0.5, 0.6) is 0 Å². The third-order valence-corrected chi connectivity index (χ3v) is 9.33. The van der Waals surface area contributed by atoms with Crippen molar-refractivity contribution in [3.05, 3.63) is 164 Å². The fourth-order valence-electron chi connectivity index (χ4n) is 6.82. The Morgan fingerprint density at radius 2 is 0.640 bits per heavy atom. The van der Waals surface area contributed by atoms with Gasteiger partial charge in [-0.2, -0.15) is 0 Å². The van der Waals surface area contributed by atoms with E-state index in [9.17, 15) is 0 Å². The molecular formula is C45H27N3O2. The number of hydrogen-bond donors (Lipinski definition) is 0. The maximum atomic E-state index is 6.28. The molecule has 234 valence electrons. The van der Waals surface area contributed by atoms with Crippen molar-refractivity contribution in [3.8, 4) is 56.4 Å². The highest BCUT2D eigenvalue weighted by atomic mass is 16.3. The van der Waals surface area contributed by atoms with Crippen molar-refractivity contribution in [2.24, 2.45) is 0 Å². The minimum atomic E-state index is 0.586. The summed E-state index contributed by atoms with van der Waals surface area (Å²) in [6, 6.07) is 55.9. The molecule has 3 heterocycles. The van der Waals surface area contributed by atoms with Crippen LogP contribution in [0.15, 0.2) is 173 Å². The number of benzene rings is 7. The maximum Gasteiger partial charge on any atom is 0.164 e. The van der Waals surface area contributed by atoms with E-state index < -0.39 is 0 Å². The van der Waals surface area contributed by atoms with Crippen molar-refractivity contribution >= 4 is 43.9 Å². The SMILES string of the molecule is c1ccc(-c2cccc(-c3nc(-c4ccc5oc6ccccc6c5c4)nc(-c4ccc5oc6ccc(-c7ccccc7)cc6c5c4)n3)c2)cc1. The van der Waals surface area contributed by atoms with Crippen LogP contribution in [0.25, 0.3) is 100 Å². The van der Waals surface area contributed by atoms with E-state index in [1.807, 2.05) is 60.7 Å². The standard InChI is InChI=1S/C45H27N3O2/c1-3-10-28(11-4-1)30-14-9-15-32(24-30)43-46-44(33-19-22-40-36(26-33)35-16-7-8-17-39(35)49-40)48-45(47-43)34-20-23-42-38(27-34)37-25-31(18-21-41(37)50-42)29-12-5-2-6-13-29/h1-27H. The summed E-state index contributed by atoms with van der Waals surface area (Å²) in [6.07, 6.45) is 0. The minimum Gasteiger partial charge on any atom is -0.456 e. The Hall–Kier alpha value is -6.85. The molecule has 0 N–H and O–H groups in total. The average molecular weight is 642 g/mol. The lowest BCUT2D eigenvalue weighted by Gasteiger charge is -2.10. The second-order valence-electron chi connectivity index (χ2n) is 12.5. The summed E-state index contributed by atoms with van der Waals surface area (Å²) in [5.74, 6) is 1.77. The van der Waals surface area contributed by atoms with E-state index in [1.54, 1.807) is 0 Å². The molecular weight excluding hydrogens is 615 g/mol. The first-order chi connectivity index (χ1) is 24.7. The number of rotatable bonds is 5. The Bertz CT molecular complexity index is 2870. The highest BCUT2D eigenvalue weighted by molar-refractivity contribution is 6.08. The largest absolute Gasteiger partial charge is 0.456 e. The van der Waals surface area contributed by atoms with Crippen LogP contribution < -0.4 is 0 Å². The molecule has 10 aromatic rings. The summed E-state index contributed by atoms with van der Waals surface area (Å²) in [5, 5.41) is 4.14. The fraction of sp³-hybridized carbons (Fsp3) is 0. The van der Waals surface area contributed by atoms with Gasteiger partial charge in [0.25, 0.3) is 0 Å². The quantitative estimate of drug-likeness (QED) is 0.187. The predicted molar refractivity (Wildman–Crippen MR) is 202 cm³/mol. The van der Waals surface area contributed by atoms with Crippen molar-refractivity contribution in [3.63, 3.8) is 0 Å². The Kier molecular flexibility index (Phi) is 6.42. The van der Waals surface area contributed by atoms with Gasteiger partial charge in [0.2, 0.25) is 0 Å². The van der Waals surface area contributed by atoms with Gasteiger partial charge in [0.05, 0.1) is 0 Å². The number of nitrogens with zero attached hydrogens (tertiary/aromatic N) is 3. The lowest BCUT2D eigenvalue weighted by Crippen LogP contribution is -2.00. The molecule has 3 aromatic heterocycles. The highest BCUT2D eigenvalue weighted by Gasteiger charge is 2.17. The fourth-order valence-corrected chi connectivity index (χ4v) is 6.82. The summed E-state index contributed by atoms with van der Waals surface area (Å²) in [7, 11) is 0. The molecule has 0 aliphatic carbocycles. The highest BCUT2D eigenvalue weighted by Crippen LogP contribution is 2.36. The van der Waals surface area contributed by atoms with Gasteiger partial charge >= 0.3 is 0 Å². The normalized spacial score (nSPS) is 11.6. The van der Waals surface area contributed by atoms with Crippen LogP contribution in [0.2, 0.25) is 0 Å². The summed E-state index contributed by atoms with van der Waals surface area (Å²) in [6.45, 7) is 0. The smallest absolute Gasteiger partial charge is 0.164 e. The van der Waals surface area contributed by atoms with Crippen LogP contribution in [-0.2, 0) is 0 Å². The third kappa shape index (κ3) is 4.83. The van der Waals surface area contributed by atoms with Gasteiger partial charge in [-0.05, 0) is 82.9 Å². The molecule has 0 fully saturated rings. The van der Waals surface area contributed by atoms with Gasteiger partial charge in [-0.1, -0.05) is 103 Å². The van der Waals surface area contributed by atoms with Gasteiger partial charge in [0.15, 0.2) is 17.5 Å². The summed E-state index contributed by atoms with van der Waals surface area (Å²) < 4.78 is 12.4. The molecule has 0 aliphatic rings. The molecule has 0 saturated heterocycles. The molecule has 0 radical (unpaired) electrons. The van der Waals surface area contributed by atoms with E-state index in [0.717, 1.165) is 82.8 Å². The van der Waals surface area contributed by atoms with Gasteiger partial charge in [0, 0.05) is 38.2 Å². The van der Waals surface area contributed by atoms with Crippen LogP contribution in [-0.4, -0.2) is 15.0 Å². The summed E-state index contributed by atoms with van der Waals surface area (Å²) in [5.41, 5.74) is 10.5. The topological polar surface area (TPSA) is 65.0 Å². The summed E-state index contributed by atoms with van der Waals surface area (Å²) >= 11 is 0. The van der Waals surface area contributed by atoms with E-state index in [0.29, 0.717) is 17.5 Å². The van der Waals surface area contributed by atoms with Crippen molar-refractivity contribution < 1.29 is 8.83 Å². The van der Waals surface area contributed by atoms with E-state index in [-0.39, 0.29) is 0 Å². The number of aromatic nitrogens is 3. The van der Waals surface area contributed by atoms with Crippen LogP contribution in [0.1, 0.15) is 0 Å². The number of hydrogen-bond acceptors (Lipinski definition) is 5. The second kappa shape index (κ2) is 11.4. The zero-order chi connectivity index (χ0) is 33.0. The number of furan rings is 2. The van der Waals surface area contributed by atoms with Gasteiger partial charge in [-0.25, -0.2) is 15.0 Å². The zero-order valence-corrected chi connectivity index (χ0v) is 26.7. The summed E-state index contributed by atoms with van der Waals surface area (Å²) in [4.78, 5) is 15.3. The van der Waals surface area contributed by atoms with Crippen LogP contribution in [0, 0.1) is 0 Å². The minimum absolute atomic E-state index is 0.586. The van der Waals surface area contributed by atoms with Gasteiger partial charge < -0.3 is 8.83 Å². The Balaban J connectivity index is 1.16. The van der Waals surface area contributed by atoms with Crippen molar-refractivity contribution in [1.82, 2.24) is 15.0 Å². The van der Waals surface area contributed by atoms with Crippen molar-refractivity contribution in [1.29, 1.82) is 0 Å². The molecule has 0 amide bonds. The van der Waals surface area contributed by atoms with Crippen LogP contribution in [0.4, 0.5) is 0 Å². The molecule has 50 heavy (non-hydrogen) atoms. The Morgan fingerprint density at radius 1 is 0.260 bits per heavy atom. The first kappa shape index (κ1) is 28.2. The molecule has 5 heteroatoms. The molecule has 0 atom stereocenters. The van der Waals surface area contributed by atoms with E-state index in [1.165, 1.54) is 0 Å². The van der Waals surface area contributed by atoms with Crippen molar-refractivity contribution in [2.45, 2.75) is 0 Å². The predicted octanol–water partition coefficient (Wildman–Crippen LogP) is 12.0. The molecule has 5 nitrogen and oxygen atoms in total. The molecule has 0 unspecified atom stereocenters. The number of para-hydroxylation sites is 1. The van der Waals surface area contributed by atoms with Gasteiger partial charge in [0.1, 0.15) is 22.3 Å². The zero-order valence-electron chi connectivity index (χ0n) is 26.7. The maximum absolute atomic E-state index is 6.28. The third-order valence-electron chi connectivity index (χ3n) is 9.33. The molecule has 0 bridgehead atoms. The van der Waals surface area contributed by atoms with Crippen LogP contribution in [0.3, 0.4) is 0 Å². The van der Waals surface area contributed by atoms with Gasteiger partial charge in [-0.15, -0.1) is 0 Å². The lowest BCUT2D eigenvalue weighted by molar-refractivity contribution is 0.668. The first-order valence-electron chi connectivity index (χ1n) is 16.6. The molecule has 7 aromatic carbocycles. The Morgan fingerprint density at radius 3 is 1.22 bits per heavy atom.